The summed E-state index contributed by atoms with van der Waals surface area (Å²) >= 11 is 0. The van der Waals surface area contributed by atoms with Crippen LogP contribution in [-0.2, 0) is 0 Å². The summed E-state index contributed by atoms with van der Waals surface area (Å²) in [4.78, 5) is 2.67. The van der Waals surface area contributed by atoms with E-state index in [0.717, 1.165) is 37.4 Å². The minimum atomic E-state index is -0.428. The molecule has 3 heteroatoms. The van der Waals surface area contributed by atoms with Gasteiger partial charge in [-0.15, -0.1) is 0 Å². The molecule has 3 nitrogen and oxygen atoms in total. The van der Waals surface area contributed by atoms with E-state index in [1.54, 1.807) is 0 Å². The topological polar surface area (TPSA) is 35.5 Å². The first-order valence-corrected chi connectivity index (χ1v) is 8.27. The number of rotatable bonds is 4. The van der Waals surface area contributed by atoms with Crippen molar-refractivity contribution in [3.8, 4) is 0 Å². The molecule has 2 saturated carbocycles. The molecule has 3 aliphatic rings. The van der Waals surface area contributed by atoms with E-state index in [1.165, 1.54) is 38.6 Å². The number of nitrogens with zero attached hydrogens (tertiary/aromatic N) is 1. The summed E-state index contributed by atoms with van der Waals surface area (Å²) in [6.45, 7) is 6.66. The maximum atomic E-state index is 10.6. The van der Waals surface area contributed by atoms with E-state index < -0.39 is 5.60 Å². The molecule has 19 heavy (non-hydrogen) atoms. The van der Waals surface area contributed by atoms with Crippen LogP contribution < -0.4 is 5.32 Å². The van der Waals surface area contributed by atoms with E-state index in [2.05, 4.69) is 24.1 Å². The third kappa shape index (κ3) is 3.32. The first-order chi connectivity index (χ1) is 9.06. The first-order valence-electron chi connectivity index (χ1n) is 8.27. The van der Waals surface area contributed by atoms with Crippen molar-refractivity contribution in [1.29, 1.82) is 0 Å². The molecule has 1 heterocycles. The van der Waals surface area contributed by atoms with E-state index in [1.807, 2.05) is 0 Å². The van der Waals surface area contributed by atoms with Crippen LogP contribution in [0.15, 0.2) is 0 Å². The summed E-state index contributed by atoms with van der Waals surface area (Å²) in [6.07, 6.45) is 8.40. The number of hydrogen-bond acceptors (Lipinski definition) is 3. The summed E-state index contributed by atoms with van der Waals surface area (Å²) in [6, 6.07) is 2.20. The number of nitrogens with one attached hydrogen (secondary N) is 1. The molecule has 2 atom stereocenters. The summed E-state index contributed by atoms with van der Waals surface area (Å²) < 4.78 is 0. The molecule has 110 valence electrons. The van der Waals surface area contributed by atoms with Gasteiger partial charge in [-0.3, -0.25) is 4.90 Å². The number of likely N-dealkylation sites (tertiary alicyclic amines) is 1. The van der Waals surface area contributed by atoms with Gasteiger partial charge in [0.15, 0.2) is 0 Å². The largest absolute Gasteiger partial charge is 0.389 e. The Hall–Kier alpha value is -0.120. The zero-order valence-electron chi connectivity index (χ0n) is 12.6. The highest BCUT2D eigenvalue weighted by atomic mass is 16.3. The fraction of sp³-hybridized carbons (Fsp3) is 1.00. The zero-order chi connectivity index (χ0) is 13.5. The molecular formula is C16H30N2O. The molecule has 3 rings (SSSR count). The fourth-order valence-electron chi connectivity index (χ4n) is 3.93. The van der Waals surface area contributed by atoms with Gasteiger partial charge in [-0.25, -0.2) is 0 Å². The molecule has 0 aromatic heterocycles. The van der Waals surface area contributed by atoms with Crippen molar-refractivity contribution in [2.75, 3.05) is 13.1 Å². The Bertz CT molecular complexity index is 308. The second kappa shape index (κ2) is 5.34. The molecule has 2 unspecified atom stereocenters. The normalized spacial score (nSPS) is 44.7. The van der Waals surface area contributed by atoms with Gasteiger partial charge >= 0.3 is 0 Å². The molecule has 0 aromatic carbocycles. The maximum absolute atomic E-state index is 10.6. The van der Waals surface area contributed by atoms with Crippen LogP contribution in [0.4, 0.5) is 0 Å². The quantitative estimate of drug-likeness (QED) is 0.818. The predicted octanol–water partition coefficient (Wildman–Crippen LogP) is 2.14. The third-order valence-electron chi connectivity index (χ3n) is 5.56. The average molecular weight is 266 g/mol. The van der Waals surface area contributed by atoms with Crippen LogP contribution in [-0.4, -0.2) is 46.8 Å². The van der Waals surface area contributed by atoms with Crippen molar-refractivity contribution in [3.63, 3.8) is 0 Å². The van der Waals surface area contributed by atoms with Gasteiger partial charge in [-0.05, 0) is 57.8 Å². The lowest BCUT2D eigenvalue weighted by Gasteiger charge is -2.36. The van der Waals surface area contributed by atoms with Crippen LogP contribution in [0.3, 0.4) is 0 Å². The molecule has 0 spiro atoms. The van der Waals surface area contributed by atoms with Gasteiger partial charge in [-0.1, -0.05) is 6.92 Å². The van der Waals surface area contributed by atoms with Gasteiger partial charge in [-0.2, -0.15) is 0 Å². The van der Waals surface area contributed by atoms with Crippen LogP contribution in [0.1, 0.15) is 58.8 Å². The molecule has 3 fully saturated rings. The standard InChI is InChI=1S/C16H30N2O/c1-12-5-7-16(19,8-6-12)11-17-14-9-13(2)18(10-14)15-3-4-15/h12-15,17,19H,3-11H2,1-2H3. The third-order valence-corrected chi connectivity index (χ3v) is 5.56. The highest BCUT2D eigenvalue weighted by molar-refractivity contribution is 4.97. The lowest BCUT2D eigenvalue weighted by atomic mass is 9.79. The zero-order valence-corrected chi connectivity index (χ0v) is 12.6. The Morgan fingerprint density at radius 3 is 2.47 bits per heavy atom. The van der Waals surface area contributed by atoms with Crippen molar-refractivity contribution < 1.29 is 5.11 Å². The summed E-state index contributed by atoms with van der Waals surface area (Å²) in [5.74, 6) is 0.803. The SMILES string of the molecule is CC1CCC(O)(CNC2CC(C)N(C3CC3)C2)CC1. The maximum Gasteiger partial charge on any atom is 0.0771 e. The van der Waals surface area contributed by atoms with E-state index in [0.29, 0.717) is 6.04 Å². The van der Waals surface area contributed by atoms with Crippen molar-refractivity contribution in [2.45, 2.75) is 82.5 Å². The molecule has 2 N–H and O–H groups in total. The van der Waals surface area contributed by atoms with Gasteiger partial charge in [0, 0.05) is 31.2 Å². The second-order valence-corrected chi connectivity index (χ2v) is 7.50. The molecule has 0 radical (unpaired) electrons. The molecule has 1 saturated heterocycles. The number of hydrogen-bond donors (Lipinski definition) is 2. The van der Waals surface area contributed by atoms with Crippen LogP contribution in [0.5, 0.6) is 0 Å². The Labute approximate surface area is 117 Å². The molecule has 1 aliphatic heterocycles. The molecule has 0 amide bonds. The van der Waals surface area contributed by atoms with E-state index in [9.17, 15) is 5.11 Å². The highest BCUT2D eigenvalue weighted by Gasteiger charge is 2.39. The van der Waals surface area contributed by atoms with Crippen LogP contribution in [0, 0.1) is 5.92 Å². The van der Waals surface area contributed by atoms with Crippen LogP contribution in [0.2, 0.25) is 0 Å². The van der Waals surface area contributed by atoms with Gasteiger partial charge in [0.25, 0.3) is 0 Å². The molecular weight excluding hydrogens is 236 g/mol. The summed E-state index contributed by atoms with van der Waals surface area (Å²) in [5, 5.41) is 14.3. The molecule has 0 bridgehead atoms. The van der Waals surface area contributed by atoms with Crippen molar-refractivity contribution in [3.05, 3.63) is 0 Å². The Morgan fingerprint density at radius 2 is 1.84 bits per heavy atom. The predicted molar refractivity (Wildman–Crippen MR) is 78.2 cm³/mol. The Kier molecular flexibility index (Phi) is 3.89. The minimum absolute atomic E-state index is 0.428. The molecule has 2 aliphatic carbocycles. The summed E-state index contributed by atoms with van der Waals surface area (Å²) in [5.41, 5.74) is -0.428. The highest BCUT2D eigenvalue weighted by Crippen LogP contribution is 2.34. The summed E-state index contributed by atoms with van der Waals surface area (Å²) in [7, 11) is 0. The van der Waals surface area contributed by atoms with E-state index in [4.69, 9.17) is 0 Å². The Morgan fingerprint density at radius 1 is 1.16 bits per heavy atom. The van der Waals surface area contributed by atoms with Gasteiger partial charge in [0.2, 0.25) is 0 Å². The van der Waals surface area contributed by atoms with Crippen molar-refractivity contribution in [1.82, 2.24) is 10.2 Å². The first kappa shape index (κ1) is 13.8. The smallest absolute Gasteiger partial charge is 0.0771 e. The van der Waals surface area contributed by atoms with E-state index >= 15 is 0 Å². The van der Waals surface area contributed by atoms with Crippen molar-refractivity contribution in [2.24, 2.45) is 5.92 Å². The fourth-order valence-corrected chi connectivity index (χ4v) is 3.93. The second-order valence-electron chi connectivity index (χ2n) is 7.50. The van der Waals surface area contributed by atoms with Gasteiger partial charge in [0.1, 0.15) is 0 Å². The van der Waals surface area contributed by atoms with Crippen LogP contribution >= 0.6 is 0 Å². The van der Waals surface area contributed by atoms with Crippen molar-refractivity contribution >= 4 is 0 Å². The number of aliphatic hydroxyl groups is 1. The van der Waals surface area contributed by atoms with Crippen LogP contribution in [0.25, 0.3) is 0 Å². The molecule has 0 aromatic rings. The average Bonchev–Trinajstić information content (AvgIpc) is 3.15. The van der Waals surface area contributed by atoms with Gasteiger partial charge < -0.3 is 10.4 Å². The monoisotopic (exact) mass is 266 g/mol. The van der Waals surface area contributed by atoms with Gasteiger partial charge in [0.05, 0.1) is 5.60 Å². The minimum Gasteiger partial charge on any atom is -0.389 e. The Balaban J connectivity index is 1.45. The van der Waals surface area contributed by atoms with E-state index in [-0.39, 0.29) is 0 Å². The lowest BCUT2D eigenvalue weighted by molar-refractivity contribution is -0.00796. The lowest BCUT2D eigenvalue weighted by Crippen LogP contribution is -2.47.